The molecular formula is C17H16FN5OS. The van der Waals surface area contributed by atoms with Crippen molar-refractivity contribution in [1.82, 2.24) is 10.2 Å². The highest BCUT2D eigenvalue weighted by Crippen LogP contribution is 2.24. The molecule has 0 saturated heterocycles. The summed E-state index contributed by atoms with van der Waals surface area (Å²) in [4.78, 5) is 13.9. The molecule has 0 radical (unpaired) electrons. The summed E-state index contributed by atoms with van der Waals surface area (Å²) < 4.78 is 13.5. The second-order valence-corrected chi connectivity index (χ2v) is 6.25. The first-order valence-corrected chi connectivity index (χ1v) is 8.34. The summed E-state index contributed by atoms with van der Waals surface area (Å²) in [6, 6.07) is 15.3. The number of amides is 2. The van der Waals surface area contributed by atoms with Gasteiger partial charge in [-0.2, -0.15) is 0 Å². The van der Waals surface area contributed by atoms with E-state index in [1.54, 1.807) is 12.1 Å². The van der Waals surface area contributed by atoms with Crippen molar-refractivity contribution in [2.24, 2.45) is 0 Å². The van der Waals surface area contributed by atoms with Gasteiger partial charge in [0.25, 0.3) is 0 Å². The number of rotatable bonds is 5. The molecule has 3 aromatic rings. The standard InChI is InChI=1S/C17H16FN5OS/c1-23(11-12-7-3-2-4-8-12)17-22-21-16(25-17)20-15(24)19-14-10-6-5-9-13(14)18/h2-10H,11H2,1H3,(H2,19,20,21,24). The van der Waals surface area contributed by atoms with Gasteiger partial charge in [0.05, 0.1) is 5.69 Å². The molecule has 2 amide bonds. The fourth-order valence-electron chi connectivity index (χ4n) is 2.16. The van der Waals surface area contributed by atoms with Gasteiger partial charge in [-0.25, -0.2) is 9.18 Å². The number of carbonyl (C=O) groups is 1. The number of aromatic nitrogens is 2. The number of benzene rings is 2. The number of urea groups is 1. The maximum atomic E-state index is 13.5. The second kappa shape index (κ2) is 7.71. The minimum absolute atomic E-state index is 0.103. The van der Waals surface area contributed by atoms with Crippen molar-refractivity contribution in [3.05, 3.63) is 66.0 Å². The lowest BCUT2D eigenvalue weighted by Gasteiger charge is -2.14. The van der Waals surface area contributed by atoms with Crippen LogP contribution in [0.4, 0.5) is 25.1 Å². The van der Waals surface area contributed by atoms with Gasteiger partial charge >= 0.3 is 6.03 Å². The molecule has 8 heteroatoms. The minimum Gasteiger partial charge on any atom is -0.345 e. The summed E-state index contributed by atoms with van der Waals surface area (Å²) in [5, 5.41) is 14.0. The monoisotopic (exact) mass is 357 g/mol. The number of nitrogens with one attached hydrogen (secondary N) is 2. The van der Waals surface area contributed by atoms with Gasteiger partial charge in [-0.05, 0) is 17.7 Å². The summed E-state index contributed by atoms with van der Waals surface area (Å²) in [6.45, 7) is 0.677. The summed E-state index contributed by atoms with van der Waals surface area (Å²) in [5.74, 6) is -0.502. The Kier molecular flexibility index (Phi) is 5.20. The summed E-state index contributed by atoms with van der Waals surface area (Å²) in [6.07, 6.45) is 0. The number of para-hydroxylation sites is 1. The predicted octanol–water partition coefficient (Wildman–Crippen LogP) is 3.96. The fourth-order valence-corrected chi connectivity index (χ4v) is 2.86. The van der Waals surface area contributed by atoms with Gasteiger partial charge in [-0.15, -0.1) is 10.2 Å². The summed E-state index contributed by atoms with van der Waals surface area (Å²) in [7, 11) is 1.90. The van der Waals surface area contributed by atoms with Crippen LogP contribution in [-0.2, 0) is 6.54 Å². The SMILES string of the molecule is CN(Cc1ccccc1)c1nnc(NC(=O)Nc2ccccc2F)s1. The van der Waals surface area contributed by atoms with Gasteiger partial charge in [-0.1, -0.05) is 53.8 Å². The van der Waals surface area contributed by atoms with E-state index in [9.17, 15) is 9.18 Å². The molecule has 0 unspecified atom stereocenters. The molecule has 6 nitrogen and oxygen atoms in total. The Hall–Kier alpha value is -3.00. The van der Waals surface area contributed by atoms with Gasteiger partial charge in [-0.3, -0.25) is 5.32 Å². The highest BCUT2D eigenvalue weighted by atomic mass is 32.1. The largest absolute Gasteiger partial charge is 0.345 e. The number of hydrogen-bond donors (Lipinski definition) is 2. The van der Waals surface area contributed by atoms with E-state index in [1.807, 2.05) is 42.3 Å². The lowest BCUT2D eigenvalue weighted by molar-refractivity contribution is 0.262. The smallest absolute Gasteiger partial charge is 0.325 e. The third kappa shape index (κ3) is 4.51. The molecule has 1 aromatic heterocycles. The Labute approximate surface area is 148 Å². The molecule has 0 aliphatic carbocycles. The lowest BCUT2D eigenvalue weighted by atomic mass is 10.2. The van der Waals surface area contributed by atoms with Crippen LogP contribution in [0.3, 0.4) is 0 Å². The van der Waals surface area contributed by atoms with E-state index in [0.717, 1.165) is 5.56 Å². The van der Waals surface area contributed by atoms with Crippen LogP contribution in [-0.4, -0.2) is 23.3 Å². The summed E-state index contributed by atoms with van der Waals surface area (Å²) in [5.41, 5.74) is 1.25. The molecule has 0 bridgehead atoms. The highest BCUT2D eigenvalue weighted by molar-refractivity contribution is 7.19. The number of hydrogen-bond acceptors (Lipinski definition) is 5. The Morgan fingerprint density at radius 1 is 1.08 bits per heavy atom. The molecule has 0 fully saturated rings. The first-order chi connectivity index (χ1) is 12.1. The van der Waals surface area contributed by atoms with E-state index in [-0.39, 0.29) is 5.69 Å². The van der Waals surface area contributed by atoms with Crippen LogP contribution in [0.2, 0.25) is 0 Å². The Balaban J connectivity index is 1.59. The van der Waals surface area contributed by atoms with Crippen molar-refractivity contribution in [1.29, 1.82) is 0 Å². The first-order valence-electron chi connectivity index (χ1n) is 7.53. The van der Waals surface area contributed by atoms with Crippen molar-refractivity contribution in [3.63, 3.8) is 0 Å². The van der Waals surface area contributed by atoms with E-state index >= 15 is 0 Å². The molecule has 2 N–H and O–H groups in total. The van der Waals surface area contributed by atoms with Crippen molar-refractivity contribution in [2.75, 3.05) is 22.6 Å². The van der Waals surface area contributed by atoms with Crippen LogP contribution >= 0.6 is 11.3 Å². The molecule has 3 rings (SSSR count). The van der Waals surface area contributed by atoms with Crippen molar-refractivity contribution < 1.29 is 9.18 Å². The Morgan fingerprint density at radius 2 is 1.80 bits per heavy atom. The van der Waals surface area contributed by atoms with Gasteiger partial charge in [0.1, 0.15) is 5.82 Å². The van der Waals surface area contributed by atoms with Crippen LogP contribution < -0.4 is 15.5 Å². The average molecular weight is 357 g/mol. The van der Waals surface area contributed by atoms with Crippen LogP contribution in [0.15, 0.2) is 54.6 Å². The van der Waals surface area contributed by atoms with Crippen molar-refractivity contribution in [3.8, 4) is 0 Å². The van der Waals surface area contributed by atoms with E-state index in [4.69, 9.17) is 0 Å². The Morgan fingerprint density at radius 3 is 2.56 bits per heavy atom. The molecule has 0 spiro atoms. The van der Waals surface area contributed by atoms with Gasteiger partial charge < -0.3 is 10.2 Å². The first kappa shape index (κ1) is 16.8. The van der Waals surface area contributed by atoms with Crippen LogP contribution in [0.5, 0.6) is 0 Å². The molecule has 25 heavy (non-hydrogen) atoms. The molecule has 1 heterocycles. The average Bonchev–Trinajstić information content (AvgIpc) is 3.06. The number of anilines is 3. The molecule has 128 valence electrons. The second-order valence-electron chi connectivity index (χ2n) is 5.29. The van der Waals surface area contributed by atoms with E-state index in [0.29, 0.717) is 16.8 Å². The quantitative estimate of drug-likeness (QED) is 0.725. The van der Waals surface area contributed by atoms with E-state index < -0.39 is 11.8 Å². The van der Waals surface area contributed by atoms with Crippen molar-refractivity contribution >= 4 is 33.3 Å². The zero-order chi connectivity index (χ0) is 17.6. The molecule has 2 aromatic carbocycles. The fraction of sp³-hybridized carbons (Fsp3) is 0.118. The highest BCUT2D eigenvalue weighted by Gasteiger charge is 2.12. The normalized spacial score (nSPS) is 10.3. The third-order valence-electron chi connectivity index (χ3n) is 3.35. The molecule has 0 saturated carbocycles. The Bertz CT molecular complexity index is 855. The van der Waals surface area contributed by atoms with E-state index in [1.165, 1.54) is 23.5 Å². The maximum Gasteiger partial charge on any atom is 0.325 e. The number of nitrogens with zero attached hydrogens (tertiary/aromatic N) is 3. The van der Waals surface area contributed by atoms with Gasteiger partial charge in [0, 0.05) is 13.6 Å². The van der Waals surface area contributed by atoms with Gasteiger partial charge in [0.15, 0.2) is 0 Å². The zero-order valence-corrected chi connectivity index (χ0v) is 14.3. The molecule has 0 aliphatic heterocycles. The van der Waals surface area contributed by atoms with E-state index in [2.05, 4.69) is 20.8 Å². The molecular weight excluding hydrogens is 341 g/mol. The third-order valence-corrected chi connectivity index (χ3v) is 4.30. The summed E-state index contributed by atoms with van der Waals surface area (Å²) >= 11 is 1.24. The molecule has 0 aliphatic rings. The topological polar surface area (TPSA) is 70.2 Å². The number of halogens is 1. The molecule has 0 atom stereocenters. The van der Waals surface area contributed by atoms with Crippen LogP contribution in [0, 0.1) is 5.82 Å². The van der Waals surface area contributed by atoms with Crippen molar-refractivity contribution in [2.45, 2.75) is 6.54 Å². The zero-order valence-electron chi connectivity index (χ0n) is 13.4. The lowest BCUT2D eigenvalue weighted by Crippen LogP contribution is -2.20. The van der Waals surface area contributed by atoms with Crippen LogP contribution in [0.1, 0.15) is 5.56 Å². The minimum atomic E-state index is -0.571. The van der Waals surface area contributed by atoms with Crippen LogP contribution in [0.25, 0.3) is 0 Å². The maximum absolute atomic E-state index is 13.5. The predicted molar refractivity (Wildman–Crippen MR) is 97.5 cm³/mol. The number of carbonyl (C=O) groups excluding carboxylic acids is 1. The van der Waals surface area contributed by atoms with Gasteiger partial charge in [0.2, 0.25) is 10.3 Å².